The van der Waals surface area contributed by atoms with Crippen LogP contribution in [0.3, 0.4) is 0 Å². The predicted molar refractivity (Wildman–Crippen MR) is 112 cm³/mol. The molecule has 0 saturated heterocycles. The Labute approximate surface area is 176 Å². The molecule has 0 aliphatic rings. The van der Waals surface area contributed by atoms with Crippen LogP contribution in [-0.4, -0.2) is 21.9 Å². The number of nitrogens with zero attached hydrogens (tertiary/aromatic N) is 3. The van der Waals surface area contributed by atoms with Crippen LogP contribution in [0.1, 0.15) is 5.56 Å². The highest BCUT2D eigenvalue weighted by molar-refractivity contribution is 7.98. The van der Waals surface area contributed by atoms with E-state index in [4.69, 9.17) is 32.4 Å². The molecule has 0 atom stereocenters. The summed E-state index contributed by atoms with van der Waals surface area (Å²) in [5.74, 6) is 2.58. The molecule has 0 aliphatic carbocycles. The van der Waals surface area contributed by atoms with E-state index in [1.165, 1.54) is 11.8 Å². The molecule has 0 unspecified atom stereocenters. The van der Waals surface area contributed by atoms with Crippen LogP contribution < -0.4 is 4.74 Å². The van der Waals surface area contributed by atoms with Crippen molar-refractivity contribution >= 4 is 35.0 Å². The summed E-state index contributed by atoms with van der Waals surface area (Å²) in [6.45, 7) is 0. The van der Waals surface area contributed by atoms with Crippen LogP contribution in [0.2, 0.25) is 10.0 Å². The smallest absolute Gasteiger partial charge is 0.205 e. The number of ether oxygens (including phenoxy) is 1. The van der Waals surface area contributed by atoms with E-state index in [1.54, 1.807) is 13.4 Å². The zero-order valence-electron chi connectivity index (χ0n) is 14.8. The third-order valence-electron chi connectivity index (χ3n) is 4.11. The van der Waals surface area contributed by atoms with Crippen molar-refractivity contribution in [3.05, 3.63) is 76.5 Å². The fraction of sp³-hybridized carbons (Fsp3) is 0.100. The highest BCUT2D eigenvalue weighted by atomic mass is 35.5. The highest BCUT2D eigenvalue weighted by Crippen LogP contribution is 2.34. The molecule has 0 fully saturated rings. The van der Waals surface area contributed by atoms with Crippen molar-refractivity contribution in [2.45, 2.75) is 10.9 Å². The zero-order chi connectivity index (χ0) is 19.5. The molecule has 2 aromatic heterocycles. The van der Waals surface area contributed by atoms with Crippen LogP contribution in [0.5, 0.6) is 5.75 Å². The number of benzene rings is 2. The fourth-order valence-electron chi connectivity index (χ4n) is 2.70. The van der Waals surface area contributed by atoms with Gasteiger partial charge in [0.15, 0.2) is 10.9 Å². The van der Waals surface area contributed by atoms with E-state index in [1.807, 2.05) is 59.2 Å². The van der Waals surface area contributed by atoms with E-state index >= 15 is 0 Å². The Morgan fingerprint density at radius 2 is 1.75 bits per heavy atom. The van der Waals surface area contributed by atoms with Crippen molar-refractivity contribution in [2.75, 3.05) is 7.11 Å². The van der Waals surface area contributed by atoms with Gasteiger partial charge in [0.25, 0.3) is 0 Å². The van der Waals surface area contributed by atoms with Crippen molar-refractivity contribution in [1.82, 2.24) is 14.8 Å². The van der Waals surface area contributed by atoms with Crippen molar-refractivity contribution in [1.29, 1.82) is 0 Å². The van der Waals surface area contributed by atoms with Crippen LogP contribution in [0.15, 0.2) is 70.4 Å². The Hall–Kier alpha value is -2.41. The van der Waals surface area contributed by atoms with Crippen LogP contribution in [-0.2, 0) is 5.75 Å². The van der Waals surface area contributed by atoms with E-state index < -0.39 is 0 Å². The first-order chi connectivity index (χ1) is 13.7. The zero-order valence-corrected chi connectivity index (χ0v) is 17.1. The Morgan fingerprint density at radius 1 is 1.00 bits per heavy atom. The second kappa shape index (κ2) is 8.31. The van der Waals surface area contributed by atoms with Gasteiger partial charge >= 0.3 is 0 Å². The van der Waals surface area contributed by atoms with Gasteiger partial charge in [0.05, 0.1) is 19.1 Å². The fourth-order valence-corrected chi connectivity index (χ4v) is 4.39. The van der Waals surface area contributed by atoms with Gasteiger partial charge in [-0.15, -0.1) is 10.2 Å². The van der Waals surface area contributed by atoms with Crippen LogP contribution in [0.4, 0.5) is 0 Å². The molecule has 0 aliphatic heterocycles. The van der Waals surface area contributed by atoms with E-state index in [2.05, 4.69) is 10.2 Å². The van der Waals surface area contributed by atoms with E-state index in [0.717, 1.165) is 17.0 Å². The minimum Gasteiger partial charge on any atom is -0.497 e. The van der Waals surface area contributed by atoms with E-state index in [9.17, 15) is 0 Å². The van der Waals surface area contributed by atoms with Crippen LogP contribution in [0.25, 0.3) is 17.3 Å². The average Bonchev–Trinajstić information content (AvgIpc) is 3.37. The molecular formula is C20H15Cl2N3O2S. The van der Waals surface area contributed by atoms with Crippen molar-refractivity contribution < 1.29 is 9.15 Å². The lowest BCUT2D eigenvalue weighted by atomic mass is 10.2. The Kier molecular flexibility index (Phi) is 5.62. The lowest BCUT2D eigenvalue weighted by Crippen LogP contribution is -1.99. The van der Waals surface area contributed by atoms with Gasteiger partial charge in [-0.1, -0.05) is 41.0 Å². The maximum Gasteiger partial charge on any atom is 0.205 e. The summed E-state index contributed by atoms with van der Waals surface area (Å²) >= 11 is 14.1. The highest BCUT2D eigenvalue weighted by Gasteiger charge is 2.19. The lowest BCUT2D eigenvalue weighted by Gasteiger charge is -2.11. The monoisotopic (exact) mass is 431 g/mol. The third kappa shape index (κ3) is 3.76. The summed E-state index contributed by atoms with van der Waals surface area (Å²) in [6.07, 6.45) is 1.61. The van der Waals surface area contributed by atoms with Gasteiger partial charge in [-0.25, -0.2) is 0 Å². The first-order valence-corrected chi connectivity index (χ1v) is 10.1. The number of methoxy groups -OCH3 is 1. The average molecular weight is 432 g/mol. The van der Waals surface area contributed by atoms with Gasteiger partial charge in [-0.05, 0) is 54.1 Å². The molecule has 0 saturated carbocycles. The molecule has 5 nitrogen and oxygen atoms in total. The van der Waals surface area contributed by atoms with Crippen molar-refractivity contribution in [3.63, 3.8) is 0 Å². The minimum atomic E-state index is 0.560. The SMILES string of the molecule is COc1ccc(-n2c(SCc3c(Cl)cccc3Cl)nnc2-c2ccco2)cc1. The summed E-state index contributed by atoms with van der Waals surface area (Å²) in [5.41, 5.74) is 1.75. The van der Waals surface area contributed by atoms with Gasteiger partial charge in [0, 0.05) is 15.8 Å². The summed E-state index contributed by atoms with van der Waals surface area (Å²) in [6, 6.07) is 16.8. The molecule has 8 heteroatoms. The molecule has 4 rings (SSSR count). The van der Waals surface area contributed by atoms with E-state index in [-0.39, 0.29) is 0 Å². The number of halogens is 2. The lowest BCUT2D eigenvalue weighted by molar-refractivity contribution is 0.414. The number of hydrogen-bond donors (Lipinski definition) is 0. The molecule has 142 valence electrons. The second-order valence-electron chi connectivity index (χ2n) is 5.81. The molecule has 4 aromatic rings. The molecule has 0 radical (unpaired) electrons. The maximum absolute atomic E-state index is 6.30. The molecule has 0 amide bonds. The largest absolute Gasteiger partial charge is 0.497 e. The summed E-state index contributed by atoms with van der Waals surface area (Å²) < 4.78 is 12.7. The van der Waals surface area contributed by atoms with Crippen molar-refractivity contribution in [2.24, 2.45) is 0 Å². The molecule has 0 N–H and O–H groups in total. The minimum absolute atomic E-state index is 0.560. The quantitative estimate of drug-likeness (QED) is 0.343. The molecule has 2 aromatic carbocycles. The molecule has 28 heavy (non-hydrogen) atoms. The topological polar surface area (TPSA) is 53.1 Å². The van der Waals surface area contributed by atoms with Gasteiger partial charge in [-0.2, -0.15) is 0 Å². The number of rotatable bonds is 6. The number of hydrogen-bond acceptors (Lipinski definition) is 5. The third-order valence-corrected chi connectivity index (χ3v) is 5.78. The molecule has 2 heterocycles. The maximum atomic E-state index is 6.30. The van der Waals surface area contributed by atoms with Crippen molar-refractivity contribution in [3.8, 4) is 23.0 Å². The predicted octanol–water partition coefficient (Wildman–Crippen LogP) is 6.14. The van der Waals surface area contributed by atoms with E-state index in [0.29, 0.717) is 32.5 Å². The van der Waals surface area contributed by atoms with Gasteiger partial charge in [0.1, 0.15) is 5.75 Å². The first-order valence-electron chi connectivity index (χ1n) is 8.37. The normalized spacial score (nSPS) is 11.0. The van der Waals surface area contributed by atoms with Gasteiger partial charge in [-0.3, -0.25) is 4.57 Å². The first kappa shape index (κ1) is 18.9. The van der Waals surface area contributed by atoms with Crippen LogP contribution >= 0.6 is 35.0 Å². The van der Waals surface area contributed by atoms with Gasteiger partial charge in [0.2, 0.25) is 5.82 Å². The number of aromatic nitrogens is 3. The Balaban J connectivity index is 1.73. The summed E-state index contributed by atoms with van der Waals surface area (Å²) in [7, 11) is 1.64. The standard InChI is InChI=1S/C20H15Cl2N3O2S/c1-26-14-9-7-13(8-10-14)25-19(18-6-3-11-27-18)23-24-20(25)28-12-15-16(21)4-2-5-17(15)22/h2-11H,12H2,1H3. The van der Waals surface area contributed by atoms with Gasteiger partial charge < -0.3 is 9.15 Å². The number of furan rings is 1. The summed E-state index contributed by atoms with van der Waals surface area (Å²) in [5, 5.41) is 10.7. The second-order valence-corrected chi connectivity index (χ2v) is 7.56. The molecular weight excluding hydrogens is 417 g/mol. The molecule has 0 spiro atoms. The summed E-state index contributed by atoms with van der Waals surface area (Å²) in [4.78, 5) is 0. The number of thioether (sulfide) groups is 1. The molecule has 0 bridgehead atoms. The van der Waals surface area contributed by atoms with Crippen LogP contribution in [0, 0.1) is 0 Å². The Morgan fingerprint density at radius 3 is 2.39 bits per heavy atom. The Bertz CT molecular complexity index is 1060.